The summed E-state index contributed by atoms with van der Waals surface area (Å²) in [6.07, 6.45) is -0.768. The summed E-state index contributed by atoms with van der Waals surface area (Å²) in [7, 11) is 0. The van der Waals surface area contributed by atoms with Crippen LogP contribution in [0.15, 0.2) is 54.6 Å². The van der Waals surface area contributed by atoms with Crippen molar-refractivity contribution in [1.29, 1.82) is 0 Å². The normalized spacial score (nSPS) is 18.3. The van der Waals surface area contributed by atoms with Gasteiger partial charge in [0.05, 0.1) is 24.2 Å². The van der Waals surface area contributed by atoms with Gasteiger partial charge in [-0.1, -0.05) is 24.3 Å². The molecule has 1 fully saturated rings. The van der Waals surface area contributed by atoms with Crippen molar-refractivity contribution < 1.29 is 23.9 Å². The zero-order valence-electron chi connectivity index (χ0n) is 19.1. The molecule has 2 heterocycles. The molecule has 1 saturated heterocycles. The SMILES string of the molecule is C[C@H](NC(=O)[C@@H]1C[C@@H](O)CN1C(=O)CNC(=O)c1ccc2cc(F)ccc2n1)c1ccccc1N. The molecule has 3 aromatic rings. The molecular formula is C25H26FN5O4. The Morgan fingerprint density at radius 3 is 2.74 bits per heavy atom. The minimum Gasteiger partial charge on any atom is -0.398 e. The van der Waals surface area contributed by atoms with Crippen LogP contribution in [0.5, 0.6) is 0 Å². The molecule has 1 aliphatic rings. The van der Waals surface area contributed by atoms with Gasteiger partial charge >= 0.3 is 0 Å². The Morgan fingerprint density at radius 2 is 1.97 bits per heavy atom. The van der Waals surface area contributed by atoms with E-state index < -0.39 is 41.7 Å². The van der Waals surface area contributed by atoms with E-state index in [9.17, 15) is 23.9 Å². The van der Waals surface area contributed by atoms with E-state index >= 15 is 0 Å². The Morgan fingerprint density at radius 1 is 1.20 bits per heavy atom. The first-order valence-electron chi connectivity index (χ1n) is 11.2. The maximum absolute atomic E-state index is 13.3. The molecule has 0 unspecified atom stereocenters. The number of nitrogens with one attached hydrogen (secondary N) is 2. The summed E-state index contributed by atoms with van der Waals surface area (Å²) in [5.74, 6) is -1.92. The quantitative estimate of drug-likeness (QED) is 0.396. The van der Waals surface area contributed by atoms with Crippen molar-refractivity contribution in [2.45, 2.75) is 31.5 Å². The molecule has 3 atom stereocenters. The lowest BCUT2D eigenvalue weighted by atomic mass is 10.1. The van der Waals surface area contributed by atoms with Gasteiger partial charge in [-0.2, -0.15) is 0 Å². The van der Waals surface area contributed by atoms with E-state index in [1.807, 2.05) is 6.07 Å². The Hall–Kier alpha value is -4.05. The van der Waals surface area contributed by atoms with Crippen LogP contribution in [0.1, 0.15) is 35.4 Å². The molecule has 9 nitrogen and oxygen atoms in total. The van der Waals surface area contributed by atoms with Crippen LogP contribution in [0.3, 0.4) is 0 Å². The average molecular weight is 480 g/mol. The smallest absolute Gasteiger partial charge is 0.270 e. The highest BCUT2D eigenvalue weighted by molar-refractivity contribution is 5.97. The molecular weight excluding hydrogens is 453 g/mol. The van der Waals surface area contributed by atoms with E-state index in [-0.39, 0.29) is 25.2 Å². The molecule has 0 spiro atoms. The Balaban J connectivity index is 1.38. The molecule has 4 rings (SSSR count). The van der Waals surface area contributed by atoms with Crippen LogP contribution < -0.4 is 16.4 Å². The molecule has 0 bridgehead atoms. The summed E-state index contributed by atoms with van der Waals surface area (Å²) >= 11 is 0. The van der Waals surface area contributed by atoms with Crippen LogP contribution in [0.2, 0.25) is 0 Å². The molecule has 0 radical (unpaired) electrons. The number of aliphatic hydroxyl groups is 1. The summed E-state index contributed by atoms with van der Waals surface area (Å²) in [6.45, 7) is 1.39. The fourth-order valence-corrected chi connectivity index (χ4v) is 4.20. The van der Waals surface area contributed by atoms with Crippen LogP contribution in [0, 0.1) is 5.82 Å². The zero-order valence-corrected chi connectivity index (χ0v) is 19.1. The topological polar surface area (TPSA) is 138 Å². The number of hydrogen-bond acceptors (Lipinski definition) is 6. The number of pyridine rings is 1. The first kappa shape index (κ1) is 24.1. The number of likely N-dealkylation sites (tertiary alicyclic amines) is 1. The number of benzene rings is 2. The molecule has 1 aliphatic heterocycles. The number of carbonyl (C=O) groups excluding carboxylic acids is 3. The average Bonchev–Trinajstić information content (AvgIpc) is 3.24. The molecule has 0 aliphatic carbocycles. The second-order valence-corrected chi connectivity index (χ2v) is 8.53. The third-order valence-electron chi connectivity index (χ3n) is 6.01. The molecule has 3 amide bonds. The Labute approximate surface area is 201 Å². The minimum atomic E-state index is -0.879. The number of halogens is 1. The van der Waals surface area contributed by atoms with E-state index in [4.69, 9.17) is 5.73 Å². The van der Waals surface area contributed by atoms with Crippen molar-refractivity contribution in [3.63, 3.8) is 0 Å². The van der Waals surface area contributed by atoms with E-state index in [1.54, 1.807) is 31.2 Å². The van der Waals surface area contributed by atoms with Gasteiger partial charge in [0.1, 0.15) is 17.6 Å². The van der Waals surface area contributed by atoms with Gasteiger partial charge in [0, 0.05) is 24.0 Å². The van der Waals surface area contributed by atoms with Gasteiger partial charge in [-0.15, -0.1) is 0 Å². The number of carbonyl (C=O) groups is 3. The number of hydrogen-bond donors (Lipinski definition) is 4. The maximum Gasteiger partial charge on any atom is 0.270 e. The third kappa shape index (κ3) is 5.38. The number of nitrogens with zero attached hydrogens (tertiary/aromatic N) is 2. The Kier molecular flexibility index (Phi) is 6.92. The second kappa shape index (κ2) is 10.1. The van der Waals surface area contributed by atoms with Crippen LogP contribution in [0.4, 0.5) is 10.1 Å². The van der Waals surface area contributed by atoms with Gasteiger partial charge in [-0.3, -0.25) is 14.4 Å². The van der Waals surface area contributed by atoms with Gasteiger partial charge < -0.3 is 26.4 Å². The fourth-order valence-electron chi connectivity index (χ4n) is 4.20. The molecule has 0 saturated carbocycles. The molecule has 35 heavy (non-hydrogen) atoms. The molecule has 182 valence electrons. The van der Waals surface area contributed by atoms with Crippen LogP contribution in [-0.2, 0) is 9.59 Å². The van der Waals surface area contributed by atoms with Crippen molar-refractivity contribution in [2.75, 3.05) is 18.8 Å². The number of aromatic nitrogens is 1. The monoisotopic (exact) mass is 479 g/mol. The molecule has 10 heteroatoms. The van der Waals surface area contributed by atoms with Gasteiger partial charge in [0.15, 0.2) is 0 Å². The van der Waals surface area contributed by atoms with E-state index in [0.29, 0.717) is 16.6 Å². The largest absolute Gasteiger partial charge is 0.398 e. The van der Waals surface area contributed by atoms with Gasteiger partial charge in [-0.25, -0.2) is 9.37 Å². The number of rotatable bonds is 6. The molecule has 2 aromatic carbocycles. The predicted octanol–water partition coefficient (Wildman–Crippen LogP) is 1.53. The van der Waals surface area contributed by atoms with E-state index in [2.05, 4.69) is 15.6 Å². The van der Waals surface area contributed by atoms with Crippen molar-refractivity contribution in [3.05, 3.63) is 71.7 Å². The highest BCUT2D eigenvalue weighted by Gasteiger charge is 2.39. The van der Waals surface area contributed by atoms with Gasteiger partial charge in [0.25, 0.3) is 5.91 Å². The van der Waals surface area contributed by atoms with E-state index in [0.717, 1.165) is 5.56 Å². The first-order chi connectivity index (χ1) is 16.7. The van der Waals surface area contributed by atoms with Crippen molar-refractivity contribution in [1.82, 2.24) is 20.5 Å². The zero-order chi connectivity index (χ0) is 25.1. The van der Waals surface area contributed by atoms with Crippen LogP contribution >= 0.6 is 0 Å². The van der Waals surface area contributed by atoms with Gasteiger partial charge in [-0.05, 0) is 42.8 Å². The molecule has 5 N–H and O–H groups in total. The number of aliphatic hydroxyl groups excluding tert-OH is 1. The summed E-state index contributed by atoms with van der Waals surface area (Å²) in [4.78, 5) is 43.8. The lowest BCUT2D eigenvalue weighted by Gasteiger charge is -2.26. The van der Waals surface area contributed by atoms with E-state index in [1.165, 1.54) is 29.2 Å². The number of anilines is 1. The van der Waals surface area contributed by atoms with Gasteiger partial charge in [0.2, 0.25) is 11.8 Å². The second-order valence-electron chi connectivity index (χ2n) is 8.53. The lowest BCUT2D eigenvalue weighted by Crippen LogP contribution is -2.49. The van der Waals surface area contributed by atoms with Crippen LogP contribution in [-0.4, -0.2) is 57.9 Å². The van der Waals surface area contributed by atoms with Crippen LogP contribution in [0.25, 0.3) is 10.9 Å². The number of β-amino-alcohol motifs (C(OH)–C–C–N with tert-alkyl or cyclic N) is 1. The van der Waals surface area contributed by atoms with Crippen molar-refractivity contribution >= 4 is 34.3 Å². The minimum absolute atomic E-state index is 0.0194. The lowest BCUT2D eigenvalue weighted by molar-refractivity contribution is -0.138. The van der Waals surface area contributed by atoms with Crippen molar-refractivity contribution in [2.24, 2.45) is 0 Å². The number of para-hydroxylation sites is 1. The number of nitrogens with two attached hydrogens (primary N) is 1. The van der Waals surface area contributed by atoms with Crippen molar-refractivity contribution in [3.8, 4) is 0 Å². The summed E-state index contributed by atoms with van der Waals surface area (Å²) < 4.78 is 13.3. The maximum atomic E-state index is 13.3. The highest BCUT2D eigenvalue weighted by atomic mass is 19.1. The number of amides is 3. The standard InChI is InChI=1S/C25H26FN5O4/c1-14(18-4-2-3-5-19(18)27)29-25(35)22-11-17(32)13-31(22)23(33)12-28-24(34)21-8-6-15-10-16(26)7-9-20(15)30-21/h2-10,14,17,22,32H,11-13,27H2,1H3,(H,28,34)(H,29,35)/t14-,17+,22-/m0/s1. The summed E-state index contributed by atoms with van der Waals surface area (Å²) in [5, 5.41) is 16.0. The summed E-state index contributed by atoms with van der Waals surface area (Å²) in [6, 6.07) is 12.9. The highest BCUT2D eigenvalue weighted by Crippen LogP contribution is 2.23. The summed E-state index contributed by atoms with van der Waals surface area (Å²) in [5.41, 5.74) is 7.78. The number of fused-ring (bicyclic) bond motifs is 1. The first-order valence-corrected chi connectivity index (χ1v) is 11.2. The fraction of sp³-hybridized carbons (Fsp3) is 0.280. The predicted molar refractivity (Wildman–Crippen MR) is 128 cm³/mol. The Bertz CT molecular complexity index is 1280. The molecule has 1 aromatic heterocycles. The number of nitrogen functional groups attached to an aromatic ring is 1. The third-order valence-corrected chi connectivity index (χ3v) is 6.01.